The van der Waals surface area contributed by atoms with Crippen molar-refractivity contribution in [1.29, 1.82) is 0 Å². The maximum Gasteiger partial charge on any atom is 0.130 e. The van der Waals surface area contributed by atoms with Gasteiger partial charge in [0.25, 0.3) is 0 Å². The van der Waals surface area contributed by atoms with Crippen molar-refractivity contribution < 1.29 is 4.79 Å². The summed E-state index contributed by atoms with van der Waals surface area (Å²) in [5.74, 6) is 0.333. The largest absolute Gasteiger partial charge is 0.300 e. The maximum absolute atomic E-state index is 11.5. The molecule has 0 radical (unpaired) electrons. The lowest BCUT2D eigenvalue weighted by molar-refractivity contribution is -0.117. The summed E-state index contributed by atoms with van der Waals surface area (Å²) in [6.45, 7) is 7.32. The van der Waals surface area contributed by atoms with Crippen molar-refractivity contribution in [2.24, 2.45) is 0 Å². The molecule has 0 amide bonds. The second-order valence-electron chi connectivity index (χ2n) is 4.25. The average Bonchev–Trinajstić information content (AvgIpc) is 2.39. The zero-order valence-electron chi connectivity index (χ0n) is 11.1. The third kappa shape index (κ3) is 4.17. The zero-order valence-corrected chi connectivity index (χ0v) is 11.1. The van der Waals surface area contributed by atoms with Crippen molar-refractivity contribution in [3.63, 3.8) is 0 Å². The topological polar surface area (TPSA) is 17.1 Å². The molecule has 0 aliphatic heterocycles. The number of Topliss-reactive ketones (excluding diaryl/α,β-unsaturated/α-hetero) is 1. The van der Waals surface area contributed by atoms with Crippen LogP contribution in [0.25, 0.3) is 0 Å². The number of rotatable bonds is 6. The van der Waals surface area contributed by atoms with Crippen molar-refractivity contribution in [2.75, 3.05) is 0 Å². The van der Waals surface area contributed by atoms with E-state index in [0.717, 1.165) is 5.57 Å². The molecule has 0 saturated heterocycles. The second kappa shape index (κ2) is 7.44. The van der Waals surface area contributed by atoms with Gasteiger partial charge in [0.05, 0.1) is 0 Å². The molecule has 0 aliphatic rings. The zero-order chi connectivity index (χ0) is 13.4. The predicted molar refractivity (Wildman–Crippen MR) is 77.6 cm³/mol. The number of hydrogen-bond donors (Lipinski definition) is 0. The molecule has 0 bridgehead atoms. The molecular weight excluding hydrogens is 220 g/mol. The van der Waals surface area contributed by atoms with E-state index in [9.17, 15) is 4.79 Å². The van der Waals surface area contributed by atoms with Gasteiger partial charge in [-0.05, 0) is 25.0 Å². The average molecular weight is 240 g/mol. The summed E-state index contributed by atoms with van der Waals surface area (Å²) in [6.07, 6.45) is 8.27. The van der Waals surface area contributed by atoms with E-state index < -0.39 is 0 Å². The lowest BCUT2D eigenvalue weighted by atomic mass is 9.86. The lowest BCUT2D eigenvalue weighted by Crippen LogP contribution is -2.06. The summed E-state index contributed by atoms with van der Waals surface area (Å²) < 4.78 is 0. The van der Waals surface area contributed by atoms with Gasteiger partial charge in [-0.3, -0.25) is 4.79 Å². The number of allylic oxidation sites excluding steroid dienone is 5. The molecule has 1 atom stereocenters. The quantitative estimate of drug-likeness (QED) is 0.672. The van der Waals surface area contributed by atoms with E-state index >= 15 is 0 Å². The molecule has 0 spiro atoms. The van der Waals surface area contributed by atoms with Crippen LogP contribution in [0.3, 0.4) is 0 Å². The number of hydrogen-bond acceptors (Lipinski definition) is 1. The first-order valence-corrected chi connectivity index (χ1v) is 6.18. The van der Waals surface area contributed by atoms with E-state index in [1.165, 1.54) is 5.56 Å². The Balaban J connectivity index is 3.08. The van der Waals surface area contributed by atoms with Crippen LogP contribution >= 0.6 is 0 Å². The first kappa shape index (κ1) is 14.2. The lowest BCUT2D eigenvalue weighted by Gasteiger charge is -2.17. The first-order chi connectivity index (χ1) is 8.69. The van der Waals surface area contributed by atoms with Crippen LogP contribution in [0.4, 0.5) is 0 Å². The minimum atomic E-state index is 0.130. The number of carbonyl (C=O) groups is 1. The van der Waals surface area contributed by atoms with Crippen molar-refractivity contribution in [3.8, 4) is 0 Å². The molecular formula is C17H20O. The van der Waals surface area contributed by atoms with E-state index in [0.29, 0.717) is 6.42 Å². The van der Waals surface area contributed by atoms with Gasteiger partial charge in [0.2, 0.25) is 0 Å². The highest BCUT2D eigenvalue weighted by Gasteiger charge is 2.16. The van der Waals surface area contributed by atoms with Gasteiger partial charge in [0.15, 0.2) is 0 Å². The van der Waals surface area contributed by atoms with Crippen molar-refractivity contribution >= 4 is 5.78 Å². The van der Waals surface area contributed by atoms with E-state index in [1.807, 2.05) is 37.3 Å². The van der Waals surface area contributed by atoms with E-state index in [4.69, 9.17) is 0 Å². The summed E-state index contributed by atoms with van der Waals surface area (Å²) in [6, 6.07) is 10.1. The van der Waals surface area contributed by atoms with Gasteiger partial charge in [-0.1, -0.05) is 61.2 Å². The van der Waals surface area contributed by atoms with E-state index in [-0.39, 0.29) is 11.7 Å². The van der Waals surface area contributed by atoms with Crippen LogP contribution in [0, 0.1) is 0 Å². The summed E-state index contributed by atoms with van der Waals surface area (Å²) in [5, 5.41) is 0. The van der Waals surface area contributed by atoms with Crippen LogP contribution < -0.4 is 0 Å². The molecule has 0 fully saturated rings. The highest BCUT2D eigenvalue weighted by molar-refractivity contribution is 5.77. The fourth-order valence-electron chi connectivity index (χ4n) is 1.99. The fourth-order valence-corrected chi connectivity index (χ4v) is 1.99. The molecule has 1 nitrogen and oxygen atoms in total. The molecule has 18 heavy (non-hydrogen) atoms. The smallest absolute Gasteiger partial charge is 0.130 e. The van der Waals surface area contributed by atoms with Crippen LogP contribution in [-0.4, -0.2) is 5.78 Å². The Labute approximate surface area is 110 Å². The van der Waals surface area contributed by atoms with Gasteiger partial charge >= 0.3 is 0 Å². The Bertz CT molecular complexity index is 452. The van der Waals surface area contributed by atoms with Crippen molar-refractivity contribution in [3.05, 3.63) is 72.4 Å². The Morgan fingerprint density at radius 2 is 2.00 bits per heavy atom. The summed E-state index contributed by atoms with van der Waals surface area (Å²) >= 11 is 0. The maximum atomic E-state index is 11.5. The molecule has 0 aromatic heterocycles. The third-order valence-corrected chi connectivity index (χ3v) is 2.85. The van der Waals surface area contributed by atoms with Gasteiger partial charge in [-0.2, -0.15) is 0 Å². The molecule has 1 heteroatoms. The molecule has 0 N–H and O–H groups in total. The van der Waals surface area contributed by atoms with Gasteiger partial charge in [0.1, 0.15) is 5.78 Å². The summed E-state index contributed by atoms with van der Waals surface area (Å²) in [4.78, 5) is 11.5. The highest BCUT2D eigenvalue weighted by Crippen LogP contribution is 2.29. The molecule has 1 rings (SSSR count). The number of carbonyl (C=O) groups excluding carboxylic acids is 1. The minimum Gasteiger partial charge on any atom is -0.300 e. The van der Waals surface area contributed by atoms with Crippen LogP contribution in [0.2, 0.25) is 0 Å². The molecule has 0 aliphatic carbocycles. The molecule has 94 valence electrons. The molecule has 0 saturated carbocycles. The van der Waals surface area contributed by atoms with Gasteiger partial charge in [-0.25, -0.2) is 0 Å². The van der Waals surface area contributed by atoms with Crippen LogP contribution in [0.1, 0.15) is 31.7 Å². The predicted octanol–water partition coefficient (Wildman–Crippen LogP) is 4.44. The summed E-state index contributed by atoms with van der Waals surface area (Å²) in [5.41, 5.74) is 2.32. The van der Waals surface area contributed by atoms with E-state index in [2.05, 4.69) is 24.8 Å². The number of ketones is 1. The van der Waals surface area contributed by atoms with Gasteiger partial charge < -0.3 is 0 Å². The van der Waals surface area contributed by atoms with E-state index in [1.54, 1.807) is 13.0 Å². The third-order valence-electron chi connectivity index (χ3n) is 2.85. The van der Waals surface area contributed by atoms with Crippen LogP contribution in [0.15, 0.2) is 66.8 Å². The van der Waals surface area contributed by atoms with Gasteiger partial charge in [0, 0.05) is 12.3 Å². The second-order valence-corrected chi connectivity index (χ2v) is 4.25. The normalized spacial score (nSPS) is 13.6. The minimum absolute atomic E-state index is 0.130. The SMILES string of the molecule is C=C/C=C\C(=C/C)C(CC(C)=O)c1ccccc1. The molecule has 1 aromatic carbocycles. The van der Waals surface area contributed by atoms with Crippen LogP contribution in [0.5, 0.6) is 0 Å². The Kier molecular flexibility index (Phi) is 5.86. The highest BCUT2D eigenvalue weighted by atomic mass is 16.1. The van der Waals surface area contributed by atoms with Gasteiger partial charge in [-0.15, -0.1) is 0 Å². The standard InChI is InChI=1S/C17H20O/c1-4-6-10-15(5-2)17(13-14(3)18)16-11-8-7-9-12-16/h4-12,17H,1,13H2,2-3H3/b10-6-,15-5+. The molecule has 1 aromatic rings. The molecule has 0 heterocycles. The molecule has 1 unspecified atom stereocenters. The van der Waals surface area contributed by atoms with Crippen LogP contribution in [-0.2, 0) is 4.79 Å². The Hall–Kier alpha value is -1.89. The van der Waals surface area contributed by atoms with Crippen molar-refractivity contribution in [1.82, 2.24) is 0 Å². The Morgan fingerprint density at radius 3 is 2.50 bits per heavy atom. The monoisotopic (exact) mass is 240 g/mol. The first-order valence-electron chi connectivity index (χ1n) is 6.18. The fraction of sp³-hybridized carbons (Fsp3) is 0.235. The van der Waals surface area contributed by atoms with Crippen molar-refractivity contribution in [2.45, 2.75) is 26.2 Å². The number of benzene rings is 1. The summed E-state index contributed by atoms with van der Waals surface area (Å²) in [7, 11) is 0. The Morgan fingerprint density at radius 1 is 1.33 bits per heavy atom.